The van der Waals surface area contributed by atoms with Crippen molar-refractivity contribution in [3.63, 3.8) is 0 Å². The Hall–Kier alpha value is -2.62. The number of carbonyl (C=O) groups excluding carboxylic acids is 1. The van der Waals surface area contributed by atoms with Gasteiger partial charge in [-0.1, -0.05) is 51.0 Å². The summed E-state index contributed by atoms with van der Waals surface area (Å²) in [6, 6.07) is 13.5. The molecule has 5 rings (SSSR count). The Labute approximate surface area is 228 Å². The minimum atomic E-state index is -3.29. The molecule has 1 saturated carbocycles. The summed E-state index contributed by atoms with van der Waals surface area (Å²) in [6.07, 6.45) is 4.22. The van der Waals surface area contributed by atoms with Crippen molar-refractivity contribution >= 4 is 27.1 Å². The van der Waals surface area contributed by atoms with E-state index in [-0.39, 0.29) is 29.4 Å². The maximum absolute atomic E-state index is 13.3. The summed E-state index contributed by atoms with van der Waals surface area (Å²) in [5.74, 6) is 0.320. The highest BCUT2D eigenvalue weighted by Crippen LogP contribution is 2.41. The van der Waals surface area contributed by atoms with Crippen molar-refractivity contribution in [1.29, 1.82) is 0 Å². The lowest BCUT2D eigenvalue weighted by Crippen LogP contribution is -2.27. The lowest BCUT2D eigenvalue weighted by atomic mass is 10.0. The van der Waals surface area contributed by atoms with E-state index in [1.807, 2.05) is 12.1 Å². The number of rotatable bonds is 9. The minimum Gasteiger partial charge on any atom is -0.346 e. The second-order valence-corrected chi connectivity index (χ2v) is 13.9. The van der Waals surface area contributed by atoms with Crippen LogP contribution >= 0.6 is 11.3 Å². The molecule has 202 valence electrons. The number of hydrogen-bond donors (Lipinski definition) is 1. The van der Waals surface area contributed by atoms with Crippen LogP contribution in [0.5, 0.6) is 0 Å². The lowest BCUT2D eigenvalue weighted by molar-refractivity contribution is 0.0949. The maximum atomic E-state index is 13.3. The largest absolute Gasteiger partial charge is 0.346 e. The van der Waals surface area contributed by atoms with Gasteiger partial charge in [-0.15, -0.1) is 11.3 Å². The zero-order valence-electron chi connectivity index (χ0n) is 21.8. The van der Waals surface area contributed by atoms with Gasteiger partial charge in [0, 0.05) is 24.5 Å². The fourth-order valence-electron chi connectivity index (χ4n) is 5.63. The van der Waals surface area contributed by atoms with Gasteiger partial charge in [0.1, 0.15) is 5.82 Å². The SMILES string of the molecule is CC(C)[C@H]1c2nc(C(=O)NCc3ccc(S(=O)(=O)CC4CCCC4)cc3)sc2CN1Cc1ccc(F)cc1. The third-order valence-electron chi connectivity index (χ3n) is 7.54. The zero-order valence-corrected chi connectivity index (χ0v) is 23.5. The first-order valence-corrected chi connectivity index (χ1v) is 15.7. The molecule has 0 saturated heterocycles. The normalized spacial score (nSPS) is 18.3. The molecule has 1 fully saturated rings. The van der Waals surface area contributed by atoms with E-state index in [4.69, 9.17) is 4.98 Å². The molecular formula is C29H34FN3O3S2. The van der Waals surface area contributed by atoms with Gasteiger partial charge in [0.05, 0.1) is 22.4 Å². The van der Waals surface area contributed by atoms with E-state index in [0.29, 0.717) is 35.5 Å². The molecule has 2 aromatic carbocycles. The minimum absolute atomic E-state index is 0.0894. The molecular weight excluding hydrogens is 521 g/mol. The molecule has 1 amide bonds. The Kier molecular flexibility index (Phi) is 7.98. The van der Waals surface area contributed by atoms with Gasteiger partial charge in [-0.2, -0.15) is 0 Å². The first-order valence-electron chi connectivity index (χ1n) is 13.3. The molecule has 1 aliphatic carbocycles. The number of carbonyl (C=O) groups is 1. The van der Waals surface area contributed by atoms with Crippen molar-refractivity contribution in [3.05, 3.63) is 81.1 Å². The number of aromatic nitrogens is 1. The summed E-state index contributed by atoms with van der Waals surface area (Å²) in [7, 11) is -3.29. The summed E-state index contributed by atoms with van der Waals surface area (Å²) in [4.78, 5) is 21.4. The molecule has 0 radical (unpaired) electrons. The predicted octanol–water partition coefficient (Wildman–Crippen LogP) is 5.89. The number of benzene rings is 2. The summed E-state index contributed by atoms with van der Waals surface area (Å²) in [5.41, 5.74) is 2.84. The van der Waals surface area contributed by atoms with Gasteiger partial charge in [-0.3, -0.25) is 9.69 Å². The molecule has 3 aromatic rings. The monoisotopic (exact) mass is 555 g/mol. The number of sulfone groups is 1. The van der Waals surface area contributed by atoms with Gasteiger partial charge < -0.3 is 5.32 Å². The topological polar surface area (TPSA) is 79.4 Å². The molecule has 0 spiro atoms. The predicted molar refractivity (Wildman–Crippen MR) is 147 cm³/mol. The number of nitrogens with zero attached hydrogens (tertiary/aromatic N) is 2. The average Bonchev–Trinajstić information content (AvgIpc) is 3.60. The van der Waals surface area contributed by atoms with E-state index in [0.717, 1.165) is 47.4 Å². The molecule has 1 N–H and O–H groups in total. The van der Waals surface area contributed by atoms with Crippen molar-refractivity contribution in [2.75, 3.05) is 5.75 Å². The van der Waals surface area contributed by atoms with Gasteiger partial charge in [-0.25, -0.2) is 17.8 Å². The number of amides is 1. The van der Waals surface area contributed by atoms with Crippen LogP contribution in [0, 0.1) is 17.7 Å². The van der Waals surface area contributed by atoms with E-state index in [2.05, 4.69) is 24.1 Å². The molecule has 6 nitrogen and oxygen atoms in total. The first-order chi connectivity index (χ1) is 18.2. The highest BCUT2D eigenvalue weighted by atomic mass is 32.2. The lowest BCUT2D eigenvalue weighted by Gasteiger charge is -2.27. The average molecular weight is 556 g/mol. The molecule has 2 aliphatic rings. The van der Waals surface area contributed by atoms with Gasteiger partial charge in [0.25, 0.3) is 5.91 Å². The van der Waals surface area contributed by atoms with Crippen LogP contribution in [0.15, 0.2) is 53.4 Å². The fraction of sp³-hybridized carbons (Fsp3) is 0.448. The van der Waals surface area contributed by atoms with E-state index in [1.165, 1.54) is 23.5 Å². The second-order valence-electron chi connectivity index (χ2n) is 10.8. The van der Waals surface area contributed by atoms with Crippen LogP contribution in [0.4, 0.5) is 4.39 Å². The van der Waals surface area contributed by atoms with Crippen LogP contribution in [-0.4, -0.2) is 30.0 Å². The van der Waals surface area contributed by atoms with Crippen molar-refractivity contribution in [2.24, 2.45) is 11.8 Å². The Morgan fingerprint density at radius 2 is 1.74 bits per heavy atom. The highest BCUT2D eigenvalue weighted by molar-refractivity contribution is 7.91. The number of nitrogens with one attached hydrogen (secondary N) is 1. The Morgan fingerprint density at radius 3 is 2.39 bits per heavy atom. The number of hydrogen-bond acceptors (Lipinski definition) is 6. The fourth-order valence-corrected chi connectivity index (χ4v) is 8.37. The summed E-state index contributed by atoms with van der Waals surface area (Å²) < 4.78 is 38.8. The Balaban J connectivity index is 1.20. The third kappa shape index (κ3) is 6.00. The molecule has 1 aromatic heterocycles. The summed E-state index contributed by atoms with van der Waals surface area (Å²) in [6.45, 7) is 6.00. The van der Waals surface area contributed by atoms with Crippen LogP contribution in [0.1, 0.15) is 77.1 Å². The van der Waals surface area contributed by atoms with Crippen LogP contribution in [0.3, 0.4) is 0 Å². The van der Waals surface area contributed by atoms with E-state index >= 15 is 0 Å². The summed E-state index contributed by atoms with van der Waals surface area (Å²) in [5, 5.41) is 3.37. The molecule has 9 heteroatoms. The van der Waals surface area contributed by atoms with Crippen molar-refractivity contribution in [2.45, 2.75) is 70.1 Å². The highest BCUT2D eigenvalue weighted by Gasteiger charge is 2.36. The molecule has 0 unspecified atom stereocenters. The van der Waals surface area contributed by atoms with Crippen molar-refractivity contribution in [3.8, 4) is 0 Å². The van der Waals surface area contributed by atoms with E-state index < -0.39 is 9.84 Å². The molecule has 0 bridgehead atoms. The van der Waals surface area contributed by atoms with Crippen molar-refractivity contribution < 1.29 is 17.6 Å². The third-order valence-corrected chi connectivity index (χ3v) is 10.5. The Morgan fingerprint density at radius 1 is 1.08 bits per heavy atom. The number of thiazole rings is 1. The molecule has 38 heavy (non-hydrogen) atoms. The Bertz CT molecular complexity index is 1380. The van der Waals surface area contributed by atoms with Crippen LogP contribution < -0.4 is 5.32 Å². The quantitative estimate of drug-likeness (QED) is 0.356. The molecule has 1 atom stereocenters. The number of fused-ring (bicyclic) bond motifs is 1. The summed E-state index contributed by atoms with van der Waals surface area (Å²) >= 11 is 1.42. The second kappa shape index (κ2) is 11.2. The molecule has 2 heterocycles. The van der Waals surface area contributed by atoms with Crippen LogP contribution in [0.2, 0.25) is 0 Å². The van der Waals surface area contributed by atoms with Crippen LogP contribution in [0.25, 0.3) is 0 Å². The van der Waals surface area contributed by atoms with Gasteiger partial charge in [0.15, 0.2) is 14.8 Å². The van der Waals surface area contributed by atoms with E-state index in [9.17, 15) is 17.6 Å². The van der Waals surface area contributed by atoms with E-state index in [1.54, 1.807) is 24.3 Å². The van der Waals surface area contributed by atoms with Gasteiger partial charge in [-0.05, 0) is 60.1 Å². The zero-order chi connectivity index (χ0) is 26.9. The van der Waals surface area contributed by atoms with Gasteiger partial charge in [0.2, 0.25) is 0 Å². The van der Waals surface area contributed by atoms with Gasteiger partial charge >= 0.3 is 0 Å². The smallest absolute Gasteiger partial charge is 0.280 e. The van der Waals surface area contributed by atoms with Crippen LogP contribution in [-0.2, 0) is 29.5 Å². The first kappa shape index (κ1) is 27.0. The number of halogens is 1. The standard InChI is InChI=1S/C29H34FN3O3S2/c1-19(2)27-26-25(17-33(27)16-21-7-11-23(30)12-8-21)37-29(32-26)28(34)31-15-20-9-13-24(14-10-20)38(35,36)18-22-5-3-4-6-22/h7-14,19,22,27H,3-6,15-18H2,1-2H3,(H,31,34)/t27-/m0/s1. The molecule has 1 aliphatic heterocycles. The van der Waals surface area contributed by atoms with Crippen molar-refractivity contribution in [1.82, 2.24) is 15.2 Å². The maximum Gasteiger partial charge on any atom is 0.280 e.